The fraction of sp³-hybridized carbons (Fsp3) is 0.435. The van der Waals surface area contributed by atoms with Crippen LogP contribution in [0.15, 0.2) is 48.8 Å². The van der Waals surface area contributed by atoms with Crippen molar-refractivity contribution in [1.82, 2.24) is 19.3 Å². The molecule has 0 aliphatic carbocycles. The number of hydrogen-bond acceptors (Lipinski definition) is 3. The van der Waals surface area contributed by atoms with E-state index in [0.717, 1.165) is 34.4 Å². The van der Waals surface area contributed by atoms with Crippen LogP contribution in [0, 0.1) is 10.7 Å². The van der Waals surface area contributed by atoms with E-state index < -0.39 is 0 Å². The Morgan fingerprint density at radius 3 is 2.59 bits per heavy atom. The minimum atomic E-state index is 0.396. The van der Waals surface area contributed by atoms with Crippen molar-refractivity contribution < 1.29 is 4.90 Å². The lowest BCUT2D eigenvalue weighted by Gasteiger charge is -2.26. The molecule has 1 N–H and O–H groups in total. The number of nitrogens with zero attached hydrogens (tertiary/aromatic N) is 4. The van der Waals surface area contributed by atoms with E-state index in [1.807, 2.05) is 16.9 Å². The summed E-state index contributed by atoms with van der Waals surface area (Å²) >= 11 is 5.96. The zero-order valence-electron chi connectivity index (χ0n) is 17.5. The van der Waals surface area contributed by atoms with Gasteiger partial charge in [-0.3, -0.25) is 9.55 Å². The second-order valence-electron chi connectivity index (χ2n) is 8.49. The van der Waals surface area contributed by atoms with Crippen LogP contribution in [-0.2, 0) is 6.67 Å². The van der Waals surface area contributed by atoms with Crippen LogP contribution >= 0.6 is 12.2 Å². The normalized spacial score (nSPS) is 19.6. The van der Waals surface area contributed by atoms with Gasteiger partial charge in [0.25, 0.3) is 0 Å². The van der Waals surface area contributed by atoms with Gasteiger partial charge in [-0.05, 0) is 60.7 Å². The highest BCUT2D eigenvalue weighted by Gasteiger charge is 2.23. The van der Waals surface area contributed by atoms with Crippen LogP contribution in [-0.4, -0.2) is 32.4 Å². The van der Waals surface area contributed by atoms with Crippen LogP contribution in [0.1, 0.15) is 45.1 Å². The number of rotatable bonds is 5. The number of piperidine rings is 1. The van der Waals surface area contributed by atoms with Crippen LogP contribution in [0.25, 0.3) is 17.1 Å². The minimum absolute atomic E-state index is 0.396. The highest BCUT2D eigenvalue weighted by molar-refractivity contribution is 7.71. The van der Waals surface area contributed by atoms with Crippen LogP contribution in [0.5, 0.6) is 0 Å². The molecule has 4 rings (SSSR count). The van der Waals surface area contributed by atoms with Gasteiger partial charge in [0.05, 0.1) is 18.8 Å². The average molecular weight is 409 g/mol. The van der Waals surface area contributed by atoms with Crippen molar-refractivity contribution >= 4 is 12.2 Å². The van der Waals surface area contributed by atoms with Crippen molar-refractivity contribution in [1.29, 1.82) is 0 Å². The molecule has 1 fully saturated rings. The third-order valence-electron chi connectivity index (χ3n) is 5.91. The number of quaternary nitrogens is 1. The summed E-state index contributed by atoms with van der Waals surface area (Å²) in [7, 11) is 0. The molecule has 0 amide bonds. The van der Waals surface area contributed by atoms with E-state index >= 15 is 0 Å². The maximum Gasteiger partial charge on any atom is 0.207 e. The highest BCUT2D eigenvalue weighted by Crippen LogP contribution is 2.28. The summed E-state index contributed by atoms with van der Waals surface area (Å²) < 4.78 is 4.90. The van der Waals surface area contributed by atoms with Crippen molar-refractivity contribution in [3.63, 3.8) is 0 Å². The Kier molecular flexibility index (Phi) is 5.92. The van der Waals surface area contributed by atoms with Gasteiger partial charge < -0.3 is 4.90 Å². The monoisotopic (exact) mass is 408 g/mol. The van der Waals surface area contributed by atoms with Gasteiger partial charge in [-0.15, -0.1) is 5.10 Å². The van der Waals surface area contributed by atoms with Gasteiger partial charge in [0, 0.05) is 18.0 Å². The Morgan fingerprint density at radius 2 is 1.90 bits per heavy atom. The lowest BCUT2D eigenvalue weighted by molar-refractivity contribution is -0.929. The Bertz CT molecular complexity index is 1010. The zero-order chi connectivity index (χ0) is 20.4. The van der Waals surface area contributed by atoms with Crippen LogP contribution in [0.2, 0.25) is 0 Å². The minimum Gasteiger partial charge on any atom is -0.316 e. The largest absolute Gasteiger partial charge is 0.316 e. The summed E-state index contributed by atoms with van der Waals surface area (Å²) in [6.45, 7) is 9.96. The molecular formula is C23H30N5S+. The standard InChI is InChI=1S/C23H29N5S/c1-17(2)20-8-4-5-9-21(20)28-22(19-7-6-12-24-15-19)25-27(23(28)29)16-26-13-10-18(3)11-14-26/h4-9,12,15,17-18H,10-11,13-14,16H2,1-3H3/p+1. The lowest BCUT2D eigenvalue weighted by Crippen LogP contribution is -3.12. The highest BCUT2D eigenvalue weighted by atomic mass is 32.1. The molecule has 6 heteroatoms. The molecular weight excluding hydrogens is 378 g/mol. The number of benzene rings is 1. The van der Waals surface area contributed by atoms with E-state index in [9.17, 15) is 0 Å². The van der Waals surface area contributed by atoms with Gasteiger partial charge in [0.2, 0.25) is 4.77 Å². The number of hydrogen-bond donors (Lipinski definition) is 1. The second-order valence-corrected chi connectivity index (χ2v) is 8.85. The second kappa shape index (κ2) is 8.59. The van der Waals surface area contributed by atoms with E-state index in [1.54, 1.807) is 11.1 Å². The smallest absolute Gasteiger partial charge is 0.207 e. The molecule has 0 bridgehead atoms. The van der Waals surface area contributed by atoms with E-state index in [4.69, 9.17) is 17.3 Å². The van der Waals surface area contributed by atoms with Crippen LogP contribution < -0.4 is 4.90 Å². The van der Waals surface area contributed by atoms with Crippen molar-refractivity contribution in [3.8, 4) is 17.1 Å². The predicted molar refractivity (Wildman–Crippen MR) is 119 cm³/mol. The molecule has 0 spiro atoms. The number of likely N-dealkylation sites (tertiary alicyclic amines) is 1. The molecule has 3 heterocycles. The summed E-state index contributed by atoms with van der Waals surface area (Å²) in [4.78, 5) is 5.87. The van der Waals surface area contributed by atoms with Gasteiger partial charge in [0.1, 0.15) is 0 Å². The Balaban J connectivity index is 1.81. The molecule has 1 saturated heterocycles. The van der Waals surface area contributed by atoms with Gasteiger partial charge in [-0.25, -0.2) is 0 Å². The number of nitrogens with one attached hydrogen (secondary N) is 1. The van der Waals surface area contributed by atoms with Gasteiger partial charge in [-0.2, -0.15) is 4.68 Å². The first-order chi connectivity index (χ1) is 14.0. The fourth-order valence-corrected chi connectivity index (χ4v) is 4.42. The van der Waals surface area contributed by atoms with Crippen molar-refractivity contribution in [2.24, 2.45) is 5.92 Å². The van der Waals surface area contributed by atoms with E-state index in [2.05, 4.69) is 60.7 Å². The summed E-state index contributed by atoms with van der Waals surface area (Å²) in [6, 6.07) is 12.5. The molecule has 152 valence electrons. The maximum atomic E-state index is 5.96. The van der Waals surface area contributed by atoms with E-state index in [0.29, 0.717) is 5.92 Å². The molecule has 1 aromatic carbocycles. The SMILES string of the molecule is CC1CC[NH+](Cn2nc(-c3cccnc3)n(-c3ccccc3C(C)C)c2=S)CC1. The molecule has 2 aromatic heterocycles. The van der Waals surface area contributed by atoms with Crippen molar-refractivity contribution in [2.75, 3.05) is 13.1 Å². The average Bonchev–Trinajstić information content (AvgIpc) is 3.06. The molecule has 0 radical (unpaired) electrons. The van der Waals surface area contributed by atoms with E-state index in [-0.39, 0.29) is 0 Å². The first-order valence-electron chi connectivity index (χ1n) is 10.6. The van der Waals surface area contributed by atoms with Gasteiger partial charge >= 0.3 is 0 Å². The third kappa shape index (κ3) is 4.19. The molecule has 3 aromatic rings. The number of aromatic nitrogens is 4. The summed E-state index contributed by atoms with van der Waals surface area (Å²) in [6.07, 6.45) is 6.20. The summed E-state index contributed by atoms with van der Waals surface area (Å²) in [5.41, 5.74) is 3.37. The Hall–Kier alpha value is -2.31. The van der Waals surface area contributed by atoms with E-state index in [1.165, 1.54) is 31.5 Å². The van der Waals surface area contributed by atoms with Crippen molar-refractivity contribution in [3.05, 3.63) is 59.1 Å². The predicted octanol–water partition coefficient (Wildman–Crippen LogP) is 3.86. The quantitative estimate of drug-likeness (QED) is 0.652. The van der Waals surface area contributed by atoms with Crippen LogP contribution in [0.4, 0.5) is 0 Å². The zero-order valence-corrected chi connectivity index (χ0v) is 18.3. The first-order valence-corrected chi connectivity index (χ1v) is 11.0. The molecule has 0 saturated carbocycles. The third-order valence-corrected chi connectivity index (χ3v) is 6.31. The molecule has 0 unspecified atom stereocenters. The molecule has 29 heavy (non-hydrogen) atoms. The summed E-state index contributed by atoms with van der Waals surface area (Å²) in [5.74, 6) is 2.08. The molecule has 1 aliphatic rings. The van der Waals surface area contributed by atoms with Gasteiger partial charge in [0.15, 0.2) is 12.5 Å². The fourth-order valence-electron chi connectivity index (χ4n) is 4.13. The summed E-state index contributed by atoms with van der Waals surface area (Å²) in [5, 5.41) is 4.98. The lowest BCUT2D eigenvalue weighted by atomic mass is 10.00. The Labute approximate surface area is 178 Å². The maximum absolute atomic E-state index is 5.96. The number of pyridine rings is 1. The molecule has 5 nitrogen and oxygen atoms in total. The van der Waals surface area contributed by atoms with Crippen LogP contribution in [0.3, 0.4) is 0 Å². The molecule has 0 atom stereocenters. The topological polar surface area (TPSA) is 40.1 Å². The van der Waals surface area contributed by atoms with Gasteiger partial charge in [-0.1, -0.05) is 39.0 Å². The molecule has 1 aliphatic heterocycles. The number of para-hydroxylation sites is 1. The first kappa shape index (κ1) is 20.0. The van der Waals surface area contributed by atoms with Crippen molar-refractivity contribution in [2.45, 2.75) is 46.2 Å². The Morgan fingerprint density at radius 1 is 1.14 bits per heavy atom.